The maximum Gasteiger partial charge on any atom is 0.251 e. The zero-order valence-corrected chi connectivity index (χ0v) is 16.0. The van der Waals surface area contributed by atoms with Crippen molar-refractivity contribution in [3.05, 3.63) is 29.8 Å². The maximum absolute atomic E-state index is 12.1. The number of rotatable bonds is 8. The van der Waals surface area contributed by atoms with E-state index in [9.17, 15) is 18.0 Å². The van der Waals surface area contributed by atoms with Gasteiger partial charge in [0.15, 0.2) is 0 Å². The molecule has 146 valence electrons. The normalized spacial score (nSPS) is 14.9. The molecule has 3 N–H and O–H groups in total. The molecule has 0 aromatic heterocycles. The first kappa shape index (κ1) is 20.9. The summed E-state index contributed by atoms with van der Waals surface area (Å²) < 4.78 is 26.1. The van der Waals surface area contributed by atoms with E-state index in [2.05, 4.69) is 21.3 Å². The lowest BCUT2D eigenvalue weighted by atomic mass is 9.95. The molecule has 2 amide bonds. The Morgan fingerprint density at radius 1 is 1.11 bits per heavy atom. The van der Waals surface area contributed by atoms with E-state index in [1.54, 1.807) is 0 Å². The first-order valence-corrected chi connectivity index (χ1v) is 10.5. The molecule has 1 aromatic carbocycles. The van der Waals surface area contributed by atoms with E-state index >= 15 is 0 Å². The Bertz CT molecular complexity index is 791. The SMILES string of the molecule is C#CCNS(=O)(=O)c1ccc(C(=O)NCCC(=O)NC2CCCCC2)cc1. The minimum atomic E-state index is -3.68. The Labute approximate surface area is 160 Å². The highest BCUT2D eigenvalue weighted by atomic mass is 32.2. The van der Waals surface area contributed by atoms with Gasteiger partial charge in [0.05, 0.1) is 11.4 Å². The van der Waals surface area contributed by atoms with Crippen LogP contribution in [0.3, 0.4) is 0 Å². The van der Waals surface area contributed by atoms with Crippen LogP contribution in [0.5, 0.6) is 0 Å². The zero-order valence-electron chi connectivity index (χ0n) is 15.2. The van der Waals surface area contributed by atoms with Crippen LogP contribution in [0.1, 0.15) is 48.9 Å². The number of terminal acetylenes is 1. The molecular formula is C19H25N3O4S. The summed E-state index contributed by atoms with van der Waals surface area (Å²) >= 11 is 0. The van der Waals surface area contributed by atoms with Crippen LogP contribution in [0.15, 0.2) is 29.2 Å². The highest BCUT2D eigenvalue weighted by molar-refractivity contribution is 7.89. The Balaban J connectivity index is 1.78. The Morgan fingerprint density at radius 3 is 2.41 bits per heavy atom. The minimum Gasteiger partial charge on any atom is -0.353 e. The van der Waals surface area contributed by atoms with Crippen molar-refractivity contribution in [3.63, 3.8) is 0 Å². The standard InChI is InChI=1S/C19H25N3O4S/c1-2-13-21-27(25,26)17-10-8-15(9-11-17)19(24)20-14-12-18(23)22-16-6-4-3-5-7-16/h1,8-11,16,21H,3-7,12-14H2,(H,20,24)(H,22,23). The van der Waals surface area contributed by atoms with Gasteiger partial charge in [-0.15, -0.1) is 6.42 Å². The molecule has 2 rings (SSSR count). The predicted molar refractivity (Wildman–Crippen MR) is 102 cm³/mol. The predicted octanol–water partition coefficient (Wildman–Crippen LogP) is 1.17. The fourth-order valence-electron chi connectivity index (χ4n) is 2.94. The number of sulfonamides is 1. The molecule has 0 saturated heterocycles. The van der Waals surface area contributed by atoms with Crippen LogP contribution in [-0.4, -0.2) is 39.4 Å². The summed E-state index contributed by atoms with van der Waals surface area (Å²) in [6.45, 7) is 0.120. The molecule has 1 saturated carbocycles. The van der Waals surface area contributed by atoms with Crippen molar-refractivity contribution >= 4 is 21.8 Å². The highest BCUT2D eigenvalue weighted by Gasteiger charge is 2.16. The lowest BCUT2D eigenvalue weighted by Crippen LogP contribution is -2.38. The Morgan fingerprint density at radius 2 is 1.78 bits per heavy atom. The van der Waals surface area contributed by atoms with Crippen molar-refractivity contribution in [3.8, 4) is 12.3 Å². The third-order valence-electron chi connectivity index (χ3n) is 4.40. The molecule has 1 aromatic rings. The fraction of sp³-hybridized carbons (Fsp3) is 0.474. The van der Waals surface area contributed by atoms with Crippen LogP contribution >= 0.6 is 0 Å². The van der Waals surface area contributed by atoms with Crippen molar-refractivity contribution in [1.82, 2.24) is 15.4 Å². The van der Waals surface area contributed by atoms with E-state index in [-0.39, 0.29) is 42.3 Å². The van der Waals surface area contributed by atoms with Gasteiger partial charge in [-0.2, -0.15) is 4.72 Å². The lowest BCUT2D eigenvalue weighted by Gasteiger charge is -2.22. The lowest BCUT2D eigenvalue weighted by molar-refractivity contribution is -0.121. The summed E-state index contributed by atoms with van der Waals surface area (Å²) in [5.74, 6) is 1.77. The molecule has 27 heavy (non-hydrogen) atoms. The van der Waals surface area contributed by atoms with Crippen molar-refractivity contribution in [2.24, 2.45) is 0 Å². The van der Waals surface area contributed by atoms with Gasteiger partial charge in [0.1, 0.15) is 0 Å². The van der Waals surface area contributed by atoms with Gasteiger partial charge in [-0.05, 0) is 37.1 Å². The van der Waals surface area contributed by atoms with Crippen LogP contribution in [0.2, 0.25) is 0 Å². The number of benzene rings is 1. The van der Waals surface area contributed by atoms with Crippen LogP contribution in [-0.2, 0) is 14.8 Å². The van der Waals surface area contributed by atoms with E-state index in [0.29, 0.717) is 5.56 Å². The quantitative estimate of drug-likeness (QED) is 0.579. The first-order chi connectivity index (χ1) is 12.9. The molecular weight excluding hydrogens is 366 g/mol. The average molecular weight is 391 g/mol. The van der Waals surface area contributed by atoms with E-state index in [1.165, 1.54) is 30.7 Å². The molecule has 0 heterocycles. The van der Waals surface area contributed by atoms with Crippen LogP contribution < -0.4 is 15.4 Å². The van der Waals surface area contributed by atoms with E-state index in [1.807, 2.05) is 0 Å². The van der Waals surface area contributed by atoms with Gasteiger partial charge in [0, 0.05) is 24.6 Å². The minimum absolute atomic E-state index is 0.0289. The summed E-state index contributed by atoms with van der Waals surface area (Å²) in [5.41, 5.74) is 0.318. The highest BCUT2D eigenvalue weighted by Crippen LogP contribution is 2.17. The van der Waals surface area contributed by atoms with E-state index in [4.69, 9.17) is 6.42 Å². The molecule has 0 radical (unpaired) electrons. The third kappa shape index (κ3) is 6.70. The van der Waals surface area contributed by atoms with Crippen molar-refractivity contribution in [2.45, 2.75) is 49.5 Å². The van der Waals surface area contributed by atoms with Gasteiger partial charge < -0.3 is 10.6 Å². The van der Waals surface area contributed by atoms with Gasteiger partial charge in [-0.3, -0.25) is 9.59 Å². The summed E-state index contributed by atoms with van der Waals surface area (Å²) in [6, 6.07) is 5.76. The van der Waals surface area contributed by atoms with Gasteiger partial charge in [0.2, 0.25) is 15.9 Å². The fourth-order valence-corrected chi connectivity index (χ4v) is 3.88. The van der Waals surface area contributed by atoms with Gasteiger partial charge in [-0.25, -0.2) is 8.42 Å². The summed E-state index contributed by atoms with van der Waals surface area (Å²) in [5, 5.41) is 5.66. The maximum atomic E-state index is 12.1. The Kier molecular flexibility index (Phi) is 7.82. The van der Waals surface area contributed by atoms with Crippen LogP contribution in [0.25, 0.3) is 0 Å². The molecule has 0 spiro atoms. The first-order valence-electron chi connectivity index (χ1n) is 9.03. The van der Waals surface area contributed by atoms with Crippen molar-refractivity contribution < 1.29 is 18.0 Å². The van der Waals surface area contributed by atoms with Gasteiger partial charge in [0.25, 0.3) is 5.91 Å². The average Bonchev–Trinajstić information content (AvgIpc) is 2.67. The third-order valence-corrected chi connectivity index (χ3v) is 5.82. The van der Waals surface area contributed by atoms with Crippen molar-refractivity contribution in [2.75, 3.05) is 13.1 Å². The molecule has 1 aliphatic carbocycles. The Hall–Kier alpha value is -2.37. The van der Waals surface area contributed by atoms with E-state index < -0.39 is 10.0 Å². The van der Waals surface area contributed by atoms with Crippen LogP contribution in [0.4, 0.5) is 0 Å². The molecule has 7 nitrogen and oxygen atoms in total. The number of amides is 2. The second kappa shape index (κ2) is 10.1. The second-order valence-electron chi connectivity index (χ2n) is 6.46. The second-order valence-corrected chi connectivity index (χ2v) is 8.23. The number of carbonyl (C=O) groups excluding carboxylic acids is 2. The number of nitrogens with one attached hydrogen (secondary N) is 3. The molecule has 0 aliphatic heterocycles. The number of hydrogen-bond donors (Lipinski definition) is 3. The van der Waals surface area contributed by atoms with Crippen molar-refractivity contribution in [1.29, 1.82) is 0 Å². The zero-order chi connectivity index (χ0) is 19.7. The molecule has 0 unspecified atom stereocenters. The summed E-state index contributed by atoms with van der Waals surface area (Å²) in [6.07, 6.45) is 10.8. The van der Waals surface area contributed by atoms with Gasteiger partial charge in [-0.1, -0.05) is 25.2 Å². The summed E-state index contributed by atoms with van der Waals surface area (Å²) in [7, 11) is -3.68. The number of hydrogen-bond acceptors (Lipinski definition) is 4. The molecule has 8 heteroatoms. The topological polar surface area (TPSA) is 104 Å². The smallest absolute Gasteiger partial charge is 0.251 e. The molecule has 1 aliphatic rings. The summed E-state index contributed by atoms with van der Waals surface area (Å²) in [4.78, 5) is 24.1. The molecule has 0 atom stereocenters. The van der Waals surface area contributed by atoms with Crippen LogP contribution in [0, 0.1) is 12.3 Å². The largest absolute Gasteiger partial charge is 0.353 e. The van der Waals surface area contributed by atoms with E-state index in [0.717, 1.165) is 25.7 Å². The number of carbonyl (C=O) groups is 2. The molecule has 1 fully saturated rings. The van der Waals surface area contributed by atoms with Gasteiger partial charge >= 0.3 is 0 Å². The monoisotopic (exact) mass is 391 g/mol. The molecule has 0 bridgehead atoms.